The topological polar surface area (TPSA) is 38.1 Å². The van der Waals surface area contributed by atoms with Crippen LogP contribution < -0.4 is 0 Å². The highest BCUT2D eigenvalue weighted by Gasteiger charge is 2.23. The Bertz CT molecular complexity index is 543. The number of unbranched alkanes of at least 4 members (excludes halogenated alkanes) is 2. The van der Waals surface area contributed by atoms with Crippen molar-refractivity contribution < 1.29 is 5.11 Å². The van der Waals surface area contributed by atoms with E-state index in [2.05, 4.69) is 22.5 Å². The van der Waals surface area contributed by atoms with E-state index in [0.29, 0.717) is 6.42 Å². The van der Waals surface area contributed by atoms with Crippen LogP contribution in [-0.4, -0.2) is 20.3 Å². The molecule has 3 nitrogen and oxygen atoms in total. The first-order chi connectivity index (χ1) is 9.03. The number of aromatic nitrogens is 2. The zero-order chi connectivity index (χ0) is 13.9. The molecule has 19 heavy (non-hydrogen) atoms. The van der Waals surface area contributed by atoms with Gasteiger partial charge in [0.05, 0.1) is 16.6 Å². The van der Waals surface area contributed by atoms with Crippen LogP contribution >= 0.6 is 0 Å². The Hall–Kier alpha value is -1.35. The van der Waals surface area contributed by atoms with Gasteiger partial charge in [-0.25, -0.2) is 4.98 Å². The van der Waals surface area contributed by atoms with Crippen molar-refractivity contribution in [3.8, 4) is 0 Å². The molecule has 0 fully saturated rings. The third-order valence-corrected chi connectivity index (χ3v) is 3.74. The molecule has 1 N–H and O–H groups in total. The van der Waals surface area contributed by atoms with Crippen molar-refractivity contribution in [1.82, 2.24) is 9.55 Å². The van der Waals surface area contributed by atoms with Crippen LogP contribution in [0.3, 0.4) is 0 Å². The van der Waals surface area contributed by atoms with Crippen LogP contribution in [0.15, 0.2) is 24.3 Å². The number of nitrogens with zero attached hydrogens (tertiary/aromatic N) is 2. The molecule has 1 aromatic heterocycles. The minimum atomic E-state index is -0.662. The van der Waals surface area contributed by atoms with Crippen LogP contribution in [0, 0.1) is 0 Å². The molecule has 0 saturated carbocycles. The number of rotatable bonds is 6. The van der Waals surface area contributed by atoms with Gasteiger partial charge in [-0.1, -0.05) is 38.3 Å². The summed E-state index contributed by atoms with van der Waals surface area (Å²) < 4.78 is 2.09. The van der Waals surface area contributed by atoms with Crippen LogP contribution in [0.25, 0.3) is 11.0 Å². The van der Waals surface area contributed by atoms with Gasteiger partial charge in [-0.3, -0.25) is 0 Å². The molecule has 0 spiro atoms. The van der Waals surface area contributed by atoms with Crippen LogP contribution in [0.4, 0.5) is 0 Å². The number of benzene rings is 1. The van der Waals surface area contributed by atoms with Crippen LogP contribution in [0.1, 0.15) is 45.4 Å². The SMILES string of the molecule is CCCCCC(C)(O)Cc1nc2ccccc2n1C. The smallest absolute Gasteiger partial charge is 0.112 e. The summed E-state index contributed by atoms with van der Waals surface area (Å²) in [5.74, 6) is 0.961. The van der Waals surface area contributed by atoms with Crippen molar-refractivity contribution >= 4 is 11.0 Å². The zero-order valence-electron chi connectivity index (χ0n) is 12.2. The van der Waals surface area contributed by atoms with Crippen molar-refractivity contribution in [2.75, 3.05) is 0 Å². The molecule has 0 saturated heterocycles. The summed E-state index contributed by atoms with van der Waals surface area (Å²) in [5, 5.41) is 10.5. The quantitative estimate of drug-likeness (QED) is 0.808. The molecule has 1 heterocycles. The van der Waals surface area contributed by atoms with Gasteiger partial charge in [-0.15, -0.1) is 0 Å². The number of para-hydroxylation sites is 2. The van der Waals surface area contributed by atoms with Gasteiger partial charge >= 0.3 is 0 Å². The molecule has 1 unspecified atom stereocenters. The fourth-order valence-electron chi connectivity index (χ4n) is 2.54. The highest BCUT2D eigenvalue weighted by Crippen LogP contribution is 2.22. The van der Waals surface area contributed by atoms with E-state index in [4.69, 9.17) is 0 Å². The molecule has 2 aromatic rings. The van der Waals surface area contributed by atoms with E-state index >= 15 is 0 Å². The van der Waals surface area contributed by atoms with E-state index in [1.807, 2.05) is 32.2 Å². The molecule has 0 aliphatic heterocycles. The van der Waals surface area contributed by atoms with Crippen molar-refractivity contribution in [2.24, 2.45) is 7.05 Å². The van der Waals surface area contributed by atoms with Gasteiger partial charge in [0, 0.05) is 13.5 Å². The summed E-state index contributed by atoms with van der Waals surface area (Å²) in [4.78, 5) is 4.63. The van der Waals surface area contributed by atoms with Gasteiger partial charge in [0.25, 0.3) is 0 Å². The molecule has 2 rings (SSSR count). The number of aryl methyl sites for hydroxylation is 1. The fraction of sp³-hybridized carbons (Fsp3) is 0.562. The highest BCUT2D eigenvalue weighted by atomic mass is 16.3. The fourth-order valence-corrected chi connectivity index (χ4v) is 2.54. The predicted octanol–water partition coefficient (Wildman–Crippen LogP) is 3.45. The van der Waals surface area contributed by atoms with E-state index in [1.165, 1.54) is 12.8 Å². The maximum absolute atomic E-state index is 10.5. The molecule has 0 bridgehead atoms. The Labute approximate surface area is 115 Å². The molecular weight excluding hydrogens is 236 g/mol. The first-order valence-electron chi connectivity index (χ1n) is 7.16. The number of fused-ring (bicyclic) bond motifs is 1. The monoisotopic (exact) mass is 260 g/mol. The maximum Gasteiger partial charge on any atom is 0.112 e. The van der Waals surface area contributed by atoms with Crippen LogP contribution in [0.2, 0.25) is 0 Å². The van der Waals surface area contributed by atoms with Crippen molar-refractivity contribution in [3.05, 3.63) is 30.1 Å². The Morgan fingerprint density at radius 1 is 1.26 bits per heavy atom. The lowest BCUT2D eigenvalue weighted by atomic mass is 9.94. The first-order valence-corrected chi connectivity index (χ1v) is 7.16. The average Bonchev–Trinajstić information content (AvgIpc) is 2.66. The first kappa shape index (κ1) is 14.1. The lowest BCUT2D eigenvalue weighted by molar-refractivity contribution is 0.0461. The normalized spacial score (nSPS) is 14.7. The maximum atomic E-state index is 10.5. The molecule has 0 radical (unpaired) electrons. The summed E-state index contributed by atoms with van der Waals surface area (Å²) in [5.41, 5.74) is 1.47. The van der Waals surface area contributed by atoms with Crippen LogP contribution in [0.5, 0.6) is 0 Å². The molecule has 0 aliphatic carbocycles. The third kappa shape index (κ3) is 3.35. The zero-order valence-corrected chi connectivity index (χ0v) is 12.2. The molecule has 104 valence electrons. The van der Waals surface area contributed by atoms with Crippen molar-refractivity contribution in [2.45, 2.75) is 51.6 Å². The molecule has 1 aromatic carbocycles. The molecule has 1 atom stereocenters. The Morgan fingerprint density at radius 3 is 2.68 bits per heavy atom. The Kier molecular flexibility index (Phi) is 4.25. The van der Waals surface area contributed by atoms with Gasteiger partial charge in [0.2, 0.25) is 0 Å². The minimum Gasteiger partial charge on any atom is -0.390 e. The standard InChI is InChI=1S/C16H24N2O/c1-4-5-8-11-16(2,19)12-15-17-13-9-6-7-10-14(13)18(15)3/h6-7,9-10,19H,4-5,8,11-12H2,1-3H3. The van der Waals surface area contributed by atoms with E-state index in [1.54, 1.807) is 0 Å². The second-order valence-electron chi connectivity index (χ2n) is 5.71. The summed E-state index contributed by atoms with van der Waals surface area (Å²) in [6, 6.07) is 8.11. The van der Waals surface area contributed by atoms with E-state index in [9.17, 15) is 5.11 Å². The average molecular weight is 260 g/mol. The largest absolute Gasteiger partial charge is 0.390 e. The summed E-state index contributed by atoms with van der Waals surface area (Å²) in [6.45, 7) is 4.10. The number of imidazole rings is 1. The summed E-state index contributed by atoms with van der Waals surface area (Å²) >= 11 is 0. The van der Waals surface area contributed by atoms with Gasteiger partial charge in [-0.05, 0) is 25.5 Å². The summed E-state index contributed by atoms with van der Waals surface area (Å²) in [7, 11) is 2.02. The lowest BCUT2D eigenvalue weighted by Crippen LogP contribution is -2.28. The number of hydrogen-bond donors (Lipinski definition) is 1. The van der Waals surface area contributed by atoms with E-state index in [-0.39, 0.29) is 0 Å². The minimum absolute atomic E-state index is 0.613. The van der Waals surface area contributed by atoms with Gasteiger partial charge in [0.15, 0.2) is 0 Å². The predicted molar refractivity (Wildman–Crippen MR) is 79.2 cm³/mol. The Morgan fingerprint density at radius 2 is 2.00 bits per heavy atom. The van der Waals surface area contributed by atoms with Gasteiger partial charge < -0.3 is 9.67 Å². The summed E-state index contributed by atoms with van der Waals surface area (Å²) in [6.07, 6.45) is 4.89. The van der Waals surface area contributed by atoms with E-state index < -0.39 is 5.60 Å². The highest BCUT2D eigenvalue weighted by molar-refractivity contribution is 5.75. The van der Waals surface area contributed by atoms with Crippen LogP contribution in [-0.2, 0) is 13.5 Å². The molecule has 3 heteroatoms. The second-order valence-corrected chi connectivity index (χ2v) is 5.71. The second kappa shape index (κ2) is 5.74. The lowest BCUT2D eigenvalue weighted by Gasteiger charge is -2.22. The molecule has 0 aliphatic rings. The Balaban J connectivity index is 2.14. The van der Waals surface area contributed by atoms with Crippen molar-refractivity contribution in [3.63, 3.8) is 0 Å². The van der Waals surface area contributed by atoms with Gasteiger partial charge in [-0.2, -0.15) is 0 Å². The van der Waals surface area contributed by atoms with Crippen molar-refractivity contribution in [1.29, 1.82) is 0 Å². The van der Waals surface area contributed by atoms with Gasteiger partial charge in [0.1, 0.15) is 5.82 Å². The third-order valence-electron chi connectivity index (χ3n) is 3.74. The number of aliphatic hydroxyl groups is 1. The molecular formula is C16H24N2O. The van der Waals surface area contributed by atoms with E-state index in [0.717, 1.165) is 29.7 Å². The molecule has 0 amide bonds. The number of hydrogen-bond acceptors (Lipinski definition) is 2.